The highest BCUT2D eigenvalue weighted by Gasteiger charge is 2.32. The second-order valence-electron chi connectivity index (χ2n) is 11.6. The van der Waals surface area contributed by atoms with Gasteiger partial charge in [-0.2, -0.15) is 23.5 Å². The van der Waals surface area contributed by atoms with Gasteiger partial charge in [0.2, 0.25) is 23.6 Å². The number of hydrogen-bond donors (Lipinski definition) is 6. The van der Waals surface area contributed by atoms with E-state index in [1.54, 1.807) is 11.8 Å². The number of nitrogens with one attached hydrogen (secondary N) is 4. The predicted molar refractivity (Wildman–Crippen MR) is 168 cm³/mol. The Morgan fingerprint density at radius 2 is 0.902 bits per heavy atom. The van der Waals surface area contributed by atoms with Gasteiger partial charge in [-0.3, -0.25) is 19.2 Å². The maximum Gasteiger partial charge on any atom is 0.326 e. The largest absolute Gasteiger partial charge is 0.480 e. The van der Waals surface area contributed by atoms with Gasteiger partial charge in [0, 0.05) is 0 Å². The number of nitrogens with two attached hydrogens (primary N) is 1. The van der Waals surface area contributed by atoms with Gasteiger partial charge in [0.1, 0.15) is 24.2 Å². The molecule has 238 valence electrons. The lowest BCUT2D eigenvalue weighted by atomic mass is 9.98. The lowest BCUT2D eigenvalue weighted by molar-refractivity contribution is -0.142. The molecule has 5 atom stereocenters. The van der Waals surface area contributed by atoms with Crippen molar-refractivity contribution in [3.8, 4) is 0 Å². The normalized spacial score (nSPS) is 15.1. The summed E-state index contributed by atoms with van der Waals surface area (Å²) in [6.07, 6.45) is 5.44. The number of carbonyl (C=O) groups excluding carboxylic acids is 4. The molecule has 0 aromatic rings. The van der Waals surface area contributed by atoms with Crippen molar-refractivity contribution >= 4 is 53.1 Å². The molecule has 0 spiro atoms. The first kappa shape index (κ1) is 39.0. The molecule has 0 saturated carbocycles. The summed E-state index contributed by atoms with van der Waals surface area (Å²) in [5.74, 6) is -1.79. The van der Waals surface area contributed by atoms with Gasteiger partial charge in [0.15, 0.2) is 0 Å². The van der Waals surface area contributed by atoms with Gasteiger partial charge in [-0.25, -0.2) is 4.79 Å². The van der Waals surface area contributed by atoms with Gasteiger partial charge >= 0.3 is 5.97 Å². The van der Waals surface area contributed by atoms with Crippen LogP contribution in [0.4, 0.5) is 0 Å². The summed E-state index contributed by atoms with van der Waals surface area (Å²) in [5.41, 5.74) is 6.00. The van der Waals surface area contributed by atoms with Crippen LogP contribution in [0, 0.1) is 17.8 Å². The minimum Gasteiger partial charge on any atom is -0.480 e. The van der Waals surface area contributed by atoms with E-state index < -0.39 is 59.8 Å². The number of rotatable bonds is 21. The molecule has 7 N–H and O–H groups in total. The first-order valence-electron chi connectivity index (χ1n) is 14.3. The SMILES string of the molecule is CSCCC(N)C(=O)NC(CC(C)C)C(=O)NC(CC(C)C)C(=O)NC(CC(C)C)C(=O)NC(CCSC)C(=O)O. The molecule has 11 nitrogen and oxygen atoms in total. The molecule has 0 aromatic carbocycles. The van der Waals surface area contributed by atoms with Crippen molar-refractivity contribution in [2.75, 3.05) is 24.0 Å². The van der Waals surface area contributed by atoms with Crippen LogP contribution in [0.25, 0.3) is 0 Å². The highest BCUT2D eigenvalue weighted by atomic mass is 32.2. The Labute approximate surface area is 254 Å². The third-order valence-electron chi connectivity index (χ3n) is 6.22. The Kier molecular flexibility index (Phi) is 19.8. The number of carbonyl (C=O) groups is 5. The maximum atomic E-state index is 13.5. The van der Waals surface area contributed by atoms with Crippen molar-refractivity contribution in [2.45, 2.75) is 104 Å². The minimum atomic E-state index is -1.14. The van der Waals surface area contributed by atoms with Crippen LogP contribution >= 0.6 is 23.5 Å². The monoisotopic (exact) mass is 619 g/mol. The highest BCUT2D eigenvalue weighted by molar-refractivity contribution is 7.98. The van der Waals surface area contributed by atoms with Crippen LogP contribution in [0.5, 0.6) is 0 Å². The van der Waals surface area contributed by atoms with Crippen molar-refractivity contribution in [2.24, 2.45) is 23.5 Å². The molecule has 0 bridgehead atoms. The molecular weight excluding hydrogens is 566 g/mol. The predicted octanol–water partition coefficient (Wildman–Crippen LogP) is 1.98. The second-order valence-corrected chi connectivity index (χ2v) is 13.6. The Morgan fingerprint density at radius 1 is 0.585 bits per heavy atom. The van der Waals surface area contributed by atoms with Crippen molar-refractivity contribution in [3.05, 3.63) is 0 Å². The summed E-state index contributed by atoms with van der Waals surface area (Å²) >= 11 is 3.05. The minimum absolute atomic E-state index is 0.0274. The molecule has 0 saturated heterocycles. The van der Waals surface area contributed by atoms with Gasteiger partial charge in [-0.15, -0.1) is 0 Å². The van der Waals surface area contributed by atoms with E-state index in [2.05, 4.69) is 21.3 Å². The number of amides is 4. The number of carboxylic acids is 1. The number of aliphatic carboxylic acids is 1. The number of thioether (sulfide) groups is 2. The Morgan fingerprint density at radius 3 is 1.22 bits per heavy atom. The van der Waals surface area contributed by atoms with Crippen LogP contribution in [-0.2, 0) is 24.0 Å². The zero-order valence-electron chi connectivity index (χ0n) is 26.0. The van der Waals surface area contributed by atoms with E-state index in [1.165, 1.54) is 11.8 Å². The van der Waals surface area contributed by atoms with Crippen LogP contribution in [0.1, 0.15) is 73.6 Å². The molecule has 0 aliphatic rings. The van der Waals surface area contributed by atoms with Crippen LogP contribution in [0.15, 0.2) is 0 Å². The summed E-state index contributed by atoms with van der Waals surface area (Å²) in [4.78, 5) is 64.3. The zero-order chi connectivity index (χ0) is 31.7. The van der Waals surface area contributed by atoms with Crippen molar-refractivity contribution < 1.29 is 29.1 Å². The molecule has 0 heterocycles. The van der Waals surface area contributed by atoms with E-state index in [-0.39, 0.29) is 30.6 Å². The van der Waals surface area contributed by atoms with Gasteiger partial charge < -0.3 is 32.1 Å². The summed E-state index contributed by atoms with van der Waals surface area (Å²) in [6.45, 7) is 11.5. The van der Waals surface area contributed by atoms with Crippen LogP contribution in [0.2, 0.25) is 0 Å². The fourth-order valence-corrected chi connectivity index (χ4v) is 5.03. The Balaban J connectivity index is 5.80. The van der Waals surface area contributed by atoms with Crippen LogP contribution in [-0.4, -0.2) is 88.9 Å². The van der Waals surface area contributed by atoms with Gasteiger partial charge in [-0.1, -0.05) is 41.5 Å². The molecule has 5 unspecified atom stereocenters. The van der Waals surface area contributed by atoms with Crippen molar-refractivity contribution in [1.82, 2.24) is 21.3 Å². The summed E-state index contributed by atoms with van der Waals surface area (Å²) in [6, 6.07) is -4.65. The number of hydrogen-bond acceptors (Lipinski definition) is 8. The molecule has 0 rings (SSSR count). The first-order valence-corrected chi connectivity index (χ1v) is 17.1. The summed E-state index contributed by atoms with van der Waals surface area (Å²) in [5, 5.41) is 20.4. The molecule has 0 radical (unpaired) electrons. The first-order chi connectivity index (χ1) is 19.1. The molecule has 0 aliphatic carbocycles. The molecular formula is C28H53N5O6S2. The van der Waals surface area contributed by atoms with E-state index in [4.69, 9.17) is 5.73 Å². The van der Waals surface area contributed by atoms with Crippen molar-refractivity contribution in [1.29, 1.82) is 0 Å². The summed E-state index contributed by atoms with van der Waals surface area (Å²) < 4.78 is 0. The average molecular weight is 620 g/mol. The van der Waals surface area contributed by atoms with E-state index in [0.717, 1.165) is 0 Å². The van der Waals surface area contributed by atoms with Crippen LogP contribution in [0.3, 0.4) is 0 Å². The smallest absolute Gasteiger partial charge is 0.326 e. The lowest BCUT2D eigenvalue weighted by Gasteiger charge is -2.28. The molecule has 41 heavy (non-hydrogen) atoms. The van der Waals surface area contributed by atoms with Crippen molar-refractivity contribution in [3.63, 3.8) is 0 Å². The third-order valence-corrected chi connectivity index (χ3v) is 7.50. The van der Waals surface area contributed by atoms with E-state index in [9.17, 15) is 29.1 Å². The Hall–Kier alpha value is -1.99. The molecule has 0 aliphatic heterocycles. The molecule has 13 heteroatoms. The molecule has 4 amide bonds. The van der Waals surface area contributed by atoms with E-state index in [0.29, 0.717) is 30.8 Å². The molecule has 0 aromatic heterocycles. The zero-order valence-corrected chi connectivity index (χ0v) is 27.6. The quantitative estimate of drug-likeness (QED) is 0.112. The van der Waals surface area contributed by atoms with Crippen LogP contribution < -0.4 is 27.0 Å². The fourth-order valence-electron chi connectivity index (χ4n) is 4.07. The Bertz CT molecular complexity index is 843. The molecule has 0 fully saturated rings. The average Bonchev–Trinajstić information content (AvgIpc) is 2.86. The van der Waals surface area contributed by atoms with E-state index in [1.807, 2.05) is 54.1 Å². The van der Waals surface area contributed by atoms with Gasteiger partial charge in [0.05, 0.1) is 6.04 Å². The lowest BCUT2D eigenvalue weighted by Crippen LogP contribution is -2.59. The third kappa shape index (κ3) is 16.9. The second kappa shape index (κ2) is 20.8. The standard InChI is InChI=1S/C28H53N5O6S2/c1-16(2)13-21(31-24(34)19(29)9-11-40-7)26(36)33-23(15-18(5)6)27(37)32-22(14-17(3)4)25(35)30-20(28(38)39)10-12-41-8/h16-23H,9-15,29H2,1-8H3,(H,30,35)(H,31,34)(H,32,37)(H,33,36)(H,38,39). The summed E-state index contributed by atoms with van der Waals surface area (Å²) in [7, 11) is 0. The number of carboxylic acid groups (broad SMARTS) is 1. The topological polar surface area (TPSA) is 180 Å². The van der Waals surface area contributed by atoms with Gasteiger partial charge in [0.25, 0.3) is 0 Å². The fraction of sp³-hybridized carbons (Fsp3) is 0.821. The van der Waals surface area contributed by atoms with E-state index >= 15 is 0 Å². The maximum absolute atomic E-state index is 13.5. The van der Waals surface area contributed by atoms with Gasteiger partial charge in [-0.05, 0) is 73.9 Å². The highest BCUT2D eigenvalue weighted by Crippen LogP contribution is 2.12.